The van der Waals surface area contributed by atoms with Crippen molar-refractivity contribution in [2.45, 2.75) is 13.8 Å². The van der Waals surface area contributed by atoms with Crippen molar-refractivity contribution >= 4 is 41.4 Å². The van der Waals surface area contributed by atoms with E-state index in [0.717, 1.165) is 0 Å². The van der Waals surface area contributed by atoms with Crippen molar-refractivity contribution in [2.75, 3.05) is 12.4 Å². The maximum absolute atomic E-state index is 11.2. The van der Waals surface area contributed by atoms with Crippen LogP contribution in [-0.4, -0.2) is 25.7 Å². The van der Waals surface area contributed by atoms with E-state index in [1.54, 1.807) is 6.07 Å². The highest BCUT2D eigenvalue weighted by Crippen LogP contribution is 2.34. The Morgan fingerprint density at radius 2 is 2.05 bits per heavy atom. The first-order valence-corrected chi connectivity index (χ1v) is 9.37. The average molecular weight is 401 g/mol. The van der Waals surface area contributed by atoms with Crippen LogP contribution in [0.4, 0.5) is 5.69 Å². The Kier molecular flexibility index (Phi) is 6.42. The quantitative estimate of drug-likeness (QED) is 0.397. The Hall–Kier alpha value is -0.860. The van der Waals surface area contributed by atoms with Crippen LogP contribution in [0, 0.1) is 22.0 Å². The molecular weight excluding hydrogens is 386 g/mol. The fraction of sp³-hybridized carbons (Fsp3) is 0.500. The molecule has 0 aliphatic heterocycles. The molecule has 9 heteroatoms. The number of nitrogens with zero attached hydrogens (tertiary/aromatic N) is 1. The molecule has 0 radical (unpaired) electrons. The summed E-state index contributed by atoms with van der Waals surface area (Å²) in [4.78, 5) is 10.3. The lowest BCUT2D eigenvalue weighted by atomic mass is 9.99. The molecule has 0 bridgehead atoms. The maximum Gasteiger partial charge on any atom is 0.287 e. The van der Waals surface area contributed by atoms with Gasteiger partial charge >= 0.3 is 0 Å². The second-order valence-corrected chi connectivity index (χ2v) is 8.48. The van der Waals surface area contributed by atoms with Gasteiger partial charge < -0.3 is 4.74 Å². The highest BCUT2D eigenvalue weighted by Gasteiger charge is 2.23. The molecule has 0 spiro atoms. The van der Waals surface area contributed by atoms with Crippen LogP contribution in [0.1, 0.15) is 13.8 Å². The van der Waals surface area contributed by atoms with Gasteiger partial charge in [-0.3, -0.25) is 10.1 Å². The molecule has 1 atom stereocenters. The summed E-state index contributed by atoms with van der Waals surface area (Å²) < 4.78 is 28.1. The average Bonchev–Trinajstić information content (AvgIpc) is 2.33. The number of nitro benzene ring substituents is 1. The van der Waals surface area contributed by atoms with E-state index in [-0.39, 0.29) is 34.4 Å². The molecule has 0 heterocycles. The molecule has 6 nitrogen and oxygen atoms in total. The van der Waals surface area contributed by atoms with Crippen molar-refractivity contribution in [3.05, 3.63) is 32.8 Å². The summed E-state index contributed by atoms with van der Waals surface area (Å²) in [5, 5.41) is 10.8. The predicted octanol–water partition coefficient (Wildman–Crippen LogP) is 3.58. The minimum atomic E-state index is -3.63. The Balaban J connectivity index is 2.86. The molecule has 118 valence electrons. The van der Waals surface area contributed by atoms with Gasteiger partial charge in [-0.05, 0) is 27.9 Å². The fourth-order valence-corrected chi connectivity index (χ4v) is 3.64. The molecule has 0 saturated carbocycles. The smallest absolute Gasteiger partial charge is 0.287 e. The van der Waals surface area contributed by atoms with Gasteiger partial charge in [0, 0.05) is 22.7 Å². The summed E-state index contributed by atoms with van der Waals surface area (Å²) >= 11 is 3.12. The summed E-state index contributed by atoms with van der Waals surface area (Å²) in [6.45, 7) is 3.82. The first-order valence-electron chi connectivity index (χ1n) is 6.10. The number of nitro groups is 1. The van der Waals surface area contributed by atoms with Gasteiger partial charge in [0.1, 0.15) is 10.2 Å². The van der Waals surface area contributed by atoms with Crippen LogP contribution in [0.3, 0.4) is 0 Å². The third-order valence-corrected chi connectivity index (χ3v) is 4.95. The molecule has 0 aliphatic carbocycles. The van der Waals surface area contributed by atoms with Gasteiger partial charge in [-0.25, -0.2) is 8.42 Å². The summed E-state index contributed by atoms with van der Waals surface area (Å²) in [7, 11) is 1.64. The zero-order chi connectivity index (χ0) is 16.2. The van der Waals surface area contributed by atoms with E-state index in [1.807, 2.05) is 13.8 Å². The second-order valence-electron chi connectivity index (χ2n) is 4.87. The highest BCUT2D eigenvalue weighted by molar-refractivity contribution is 9.10. The molecule has 1 aromatic rings. The van der Waals surface area contributed by atoms with Crippen molar-refractivity contribution in [1.82, 2.24) is 0 Å². The topological polar surface area (TPSA) is 86.5 Å². The van der Waals surface area contributed by atoms with Gasteiger partial charge in [0.25, 0.3) is 5.69 Å². The molecular formula is C12H15BrClNO5S. The van der Waals surface area contributed by atoms with E-state index >= 15 is 0 Å². The summed E-state index contributed by atoms with van der Waals surface area (Å²) in [6.07, 6.45) is 0. The monoisotopic (exact) mass is 399 g/mol. The van der Waals surface area contributed by atoms with Crippen molar-refractivity contribution in [2.24, 2.45) is 11.8 Å². The Labute approximate surface area is 136 Å². The third kappa shape index (κ3) is 5.80. The Morgan fingerprint density at radius 1 is 1.43 bits per heavy atom. The fourth-order valence-electron chi connectivity index (χ4n) is 1.64. The minimum absolute atomic E-state index is 0.0380. The molecule has 0 N–H and O–H groups in total. The third-order valence-electron chi connectivity index (χ3n) is 2.95. The van der Waals surface area contributed by atoms with Crippen molar-refractivity contribution in [3.63, 3.8) is 0 Å². The molecule has 21 heavy (non-hydrogen) atoms. The van der Waals surface area contributed by atoms with Gasteiger partial charge in [-0.1, -0.05) is 19.9 Å². The molecule has 0 aliphatic rings. The number of ether oxygens (including phenoxy) is 1. The number of benzene rings is 1. The number of halogens is 2. The van der Waals surface area contributed by atoms with Crippen LogP contribution in [-0.2, 0) is 9.05 Å². The Morgan fingerprint density at radius 3 is 2.52 bits per heavy atom. The second kappa shape index (κ2) is 7.42. The van der Waals surface area contributed by atoms with Crippen LogP contribution in [0.25, 0.3) is 0 Å². The van der Waals surface area contributed by atoms with Gasteiger partial charge in [0.15, 0.2) is 0 Å². The van der Waals surface area contributed by atoms with Gasteiger partial charge in [-0.2, -0.15) is 0 Å². The summed E-state index contributed by atoms with van der Waals surface area (Å²) in [6, 6.07) is 4.42. The van der Waals surface area contributed by atoms with Crippen molar-refractivity contribution < 1.29 is 18.1 Å². The lowest BCUT2D eigenvalue weighted by Crippen LogP contribution is -2.24. The van der Waals surface area contributed by atoms with Crippen LogP contribution in [0.2, 0.25) is 0 Å². The lowest BCUT2D eigenvalue weighted by molar-refractivity contribution is -0.385. The molecule has 1 aromatic carbocycles. The van der Waals surface area contributed by atoms with Crippen LogP contribution in [0.15, 0.2) is 22.7 Å². The number of hydrogen-bond donors (Lipinski definition) is 0. The van der Waals surface area contributed by atoms with Crippen LogP contribution >= 0.6 is 26.6 Å². The largest absolute Gasteiger partial charge is 0.492 e. The van der Waals surface area contributed by atoms with E-state index in [4.69, 9.17) is 15.4 Å². The highest BCUT2D eigenvalue weighted by atomic mass is 79.9. The van der Waals surface area contributed by atoms with E-state index in [9.17, 15) is 18.5 Å². The molecule has 1 unspecified atom stereocenters. The van der Waals surface area contributed by atoms with Gasteiger partial charge in [0.2, 0.25) is 9.05 Å². The van der Waals surface area contributed by atoms with Crippen molar-refractivity contribution in [3.8, 4) is 5.75 Å². The first-order chi connectivity index (χ1) is 9.61. The van der Waals surface area contributed by atoms with Crippen LogP contribution in [0.5, 0.6) is 5.75 Å². The first kappa shape index (κ1) is 18.2. The van der Waals surface area contributed by atoms with E-state index < -0.39 is 14.0 Å². The van der Waals surface area contributed by atoms with Crippen LogP contribution < -0.4 is 4.74 Å². The summed E-state index contributed by atoms with van der Waals surface area (Å²) in [5.41, 5.74) is -0.112. The van der Waals surface area contributed by atoms with E-state index in [0.29, 0.717) is 5.75 Å². The number of rotatable bonds is 7. The number of hydrogen-bond acceptors (Lipinski definition) is 5. The van der Waals surface area contributed by atoms with E-state index in [2.05, 4.69) is 15.9 Å². The predicted molar refractivity (Wildman–Crippen MR) is 84.3 cm³/mol. The minimum Gasteiger partial charge on any atom is -0.492 e. The molecule has 0 aromatic heterocycles. The maximum atomic E-state index is 11.2. The molecule has 0 fully saturated rings. The van der Waals surface area contributed by atoms with Gasteiger partial charge in [-0.15, -0.1) is 0 Å². The van der Waals surface area contributed by atoms with E-state index in [1.165, 1.54) is 12.1 Å². The summed E-state index contributed by atoms with van der Waals surface area (Å²) in [5.74, 6) is -0.185. The van der Waals surface area contributed by atoms with Crippen molar-refractivity contribution in [1.29, 1.82) is 0 Å². The SMILES string of the molecule is CC(C)C(COc1cccc([N+](=O)[O-])c1Br)CS(=O)(=O)Cl. The zero-order valence-electron chi connectivity index (χ0n) is 11.5. The lowest BCUT2D eigenvalue weighted by Gasteiger charge is -2.20. The molecule has 1 rings (SSSR count). The zero-order valence-corrected chi connectivity index (χ0v) is 14.6. The normalized spacial score (nSPS) is 13.2. The Bertz CT molecular complexity index is 620. The van der Waals surface area contributed by atoms with Gasteiger partial charge in [0.05, 0.1) is 17.3 Å². The standard InChI is InChI=1S/C12H15BrClNO5S/c1-8(2)9(7-21(14,18)19)6-20-11-5-3-4-10(12(11)13)15(16)17/h3-5,8-9H,6-7H2,1-2H3. The molecule has 0 amide bonds. The molecule has 0 saturated heterocycles.